The van der Waals surface area contributed by atoms with E-state index in [1.54, 1.807) is 0 Å². The number of piperidine rings is 1. The van der Waals surface area contributed by atoms with Crippen LogP contribution in [0.1, 0.15) is 30.7 Å². The Morgan fingerprint density at radius 1 is 1.05 bits per heavy atom. The summed E-state index contributed by atoms with van der Waals surface area (Å²) in [6, 6.07) is 10.5. The summed E-state index contributed by atoms with van der Waals surface area (Å²) in [5.41, 5.74) is 2.40. The van der Waals surface area contributed by atoms with Crippen molar-refractivity contribution in [2.24, 2.45) is 0 Å². The molecule has 0 saturated carbocycles. The van der Waals surface area contributed by atoms with Crippen LogP contribution in [0, 0.1) is 6.92 Å². The molecule has 0 N–H and O–H groups in total. The second-order valence-corrected chi connectivity index (χ2v) is 5.34. The predicted molar refractivity (Wildman–Crippen MR) is 77.4 cm³/mol. The van der Waals surface area contributed by atoms with E-state index in [-0.39, 0.29) is 0 Å². The zero-order valence-corrected chi connectivity index (χ0v) is 11.5. The summed E-state index contributed by atoms with van der Waals surface area (Å²) >= 11 is 0. The molecule has 3 heteroatoms. The lowest BCUT2D eigenvalue weighted by molar-refractivity contribution is 0.217. The number of hydrogen-bond acceptors (Lipinski definition) is 2. The van der Waals surface area contributed by atoms with Gasteiger partial charge in [-0.2, -0.15) is 0 Å². The molecule has 3 heterocycles. The number of aromatic nitrogens is 2. The number of nitrogens with zero attached hydrogens (tertiary/aromatic N) is 3. The maximum atomic E-state index is 4.61. The third-order valence-electron chi connectivity index (χ3n) is 3.79. The molecule has 1 aliphatic heterocycles. The zero-order valence-electron chi connectivity index (χ0n) is 11.5. The van der Waals surface area contributed by atoms with Crippen molar-refractivity contribution in [3.8, 4) is 5.82 Å². The van der Waals surface area contributed by atoms with Crippen molar-refractivity contribution in [2.75, 3.05) is 13.1 Å². The lowest BCUT2D eigenvalue weighted by Crippen LogP contribution is -2.29. The Morgan fingerprint density at radius 3 is 2.68 bits per heavy atom. The molecule has 0 amide bonds. The Morgan fingerprint density at radius 2 is 1.89 bits per heavy atom. The van der Waals surface area contributed by atoms with Gasteiger partial charge in [0.2, 0.25) is 0 Å². The molecule has 0 bridgehead atoms. The van der Waals surface area contributed by atoms with Crippen molar-refractivity contribution in [1.82, 2.24) is 14.5 Å². The molecule has 2 aromatic rings. The zero-order chi connectivity index (χ0) is 13.1. The average Bonchev–Trinajstić information content (AvgIpc) is 2.88. The molecule has 100 valence electrons. The fourth-order valence-corrected chi connectivity index (χ4v) is 2.78. The molecule has 3 rings (SSSR count). The van der Waals surface area contributed by atoms with Gasteiger partial charge in [-0.1, -0.05) is 12.5 Å². The van der Waals surface area contributed by atoms with Crippen LogP contribution in [0.25, 0.3) is 5.82 Å². The fraction of sp³-hybridized carbons (Fsp3) is 0.438. The second kappa shape index (κ2) is 5.57. The maximum Gasteiger partial charge on any atom is 0.137 e. The van der Waals surface area contributed by atoms with Crippen LogP contribution in [0.2, 0.25) is 0 Å². The van der Waals surface area contributed by atoms with Crippen LogP contribution in [0.4, 0.5) is 0 Å². The van der Waals surface area contributed by atoms with E-state index < -0.39 is 0 Å². The van der Waals surface area contributed by atoms with Gasteiger partial charge in [-0.05, 0) is 57.1 Å². The highest BCUT2D eigenvalue weighted by molar-refractivity contribution is 5.29. The van der Waals surface area contributed by atoms with E-state index in [0.717, 1.165) is 18.1 Å². The summed E-state index contributed by atoms with van der Waals surface area (Å²) < 4.78 is 2.21. The maximum absolute atomic E-state index is 4.61. The smallest absolute Gasteiger partial charge is 0.137 e. The summed E-state index contributed by atoms with van der Waals surface area (Å²) in [6.45, 7) is 5.53. The van der Waals surface area contributed by atoms with Crippen molar-refractivity contribution in [3.05, 3.63) is 47.9 Å². The van der Waals surface area contributed by atoms with Crippen molar-refractivity contribution < 1.29 is 0 Å². The molecule has 2 aromatic heterocycles. The molecule has 0 spiro atoms. The van der Waals surface area contributed by atoms with E-state index in [1.807, 2.05) is 13.0 Å². The Kier molecular flexibility index (Phi) is 3.65. The van der Waals surface area contributed by atoms with Crippen molar-refractivity contribution in [3.63, 3.8) is 0 Å². The molecule has 0 radical (unpaired) electrons. The van der Waals surface area contributed by atoms with Gasteiger partial charge in [-0.15, -0.1) is 0 Å². The largest absolute Gasteiger partial charge is 0.304 e. The minimum Gasteiger partial charge on any atom is -0.304 e. The summed E-state index contributed by atoms with van der Waals surface area (Å²) in [7, 11) is 0. The summed E-state index contributed by atoms with van der Waals surface area (Å²) in [5, 5.41) is 0. The highest BCUT2D eigenvalue weighted by atomic mass is 15.2. The lowest BCUT2D eigenvalue weighted by atomic mass is 10.1. The molecular weight excluding hydrogens is 234 g/mol. The highest BCUT2D eigenvalue weighted by Gasteiger charge is 2.13. The Bertz CT molecular complexity index is 538. The van der Waals surface area contributed by atoms with Crippen LogP contribution < -0.4 is 0 Å². The van der Waals surface area contributed by atoms with E-state index in [4.69, 9.17) is 0 Å². The number of pyridine rings is 1. The lowest BCUT2D eigenvalue weighted by Gasteiger charge is -2.26. The van der Waals surface area contributed by atoms with Gasteiger partial charge in [0.05, 0.1) is 0 Å². The minimum atomic E-state index is 1.03. The van der Waals surface area contributed by atoms with Gasteiger partial charge in [0.15, 0.2) is 0 Å². The molecule has 0 aromatic carbocycles. The van der Waals surface area contributed by atoms with Crippen molar-refractivity contribution in [2.45, 2.75) is 32.7 Å². The van der Waals surface area contributed by atoms with Crippen LogP contribution in [-0.2, 0) is 6.54 Å². The third-order valence-corrected chi connectivity index (χ3v) is 3.79. The normalized spacial score (nSPS) is 16.7. The quantitative estimate of drug-likeness (QED) is 0.840. The number of likely N-dealkylation sites (tertiary alicyclic amines) is 1. The Balaban J connectivity index is 1.81. The molecule has 19 heavy (non-hydrogen) atoms. The van der Waals surface area contributed by atoms with Crippen LogP contribution >= 0.6 is 0 Å². The topological polar surface area (TPSA) is 21.1 Å². The molecule has 0 atom stereocenters. The molecule has 3 nitrogen and oxygen atoms in total. The van der Waals surface area contributed by atoms with E-state index in [1.165, 1.54) is 38.0 Å². The fourth-order valence-electron chi connectivity index (χ4n) is 2.78. The number of aryl methyl sites for hydroxylation is 1. The van der Waals surface area contributed by atoms with Crippen molar-refractivity contribution in [1.29, 1.82) is 0 Å². The molecule has 1 aliphatic rings. The van der Waals surface area contributed by atoms with Crippen LogP contribution in [0.15, 0.2) is 36.5 Å². The predicted octanol–water partition coefficient (Wildman–Crippen LogP) is 3.17. The van der Waals surface area contributed by atoms with Crippen LogP contribution in [0.3, 0.4) is 0 Å². The van der Waals surface area contributed by atoms with Gasteiger partial charge >= 0.3 is 0 Å². The van der Waals surface area contributed by atoms with Gasteiger partial charge in [-0.3, -0.25) is 4.90 Å². The first kappa shape index (κ1) is 12.4. The average molecular weight is 255 g/mol. The number of hydrogen-bond donors (Lipinski definition) is 0. The molecule has 1 fully saturated rings. The van der Waals surface area contributed by atoms with E-state index in [9.17, 15) is 0 Å². The molecular formula is C16H21N3. The van der Waals surface area contributed by atoms with Crippen LogP contribution in [0.5, 0.6) is 0 Å². The van der Waals surface area contributed by atoms with Gasteiger partial charge in [-0.25, -0.2) is 4.98 Å². The first-order chi connectivity index (χ1) is 9.33. The standard InChI is InChI=1S/C16H21N3/c1-14-7-5-9-16(17-14)19-12-6-8-15(19)13-18-10-3-2-4-11-18/h5-9,12H,2-4,10-11,13H2,1H3. The van der Waals surface area contributed by atoms with Crippen LogP contribution in [-0.4, -0.2) is 27.5 Å². The van der Waals surface area contributed by atoms with Gasteiger partial charge < -0.3 is 4.57 Å². The third kappa shape index (κ3) is 2.87. The van der Waals surface area contributed by atoms with Gasteiger partial charge in [0.25, 0.3) is 0 Å². The first-order valence-corrected chi connectivity index (χ1v) is 7.15. The SMILES string of the molecule is Cc1cccc(-n2cccc2CN2CCCCC2)n1. The number of rotatable bonds is 3. The van der Waals surface area contributed by atoms with E-state index in [2.05, 4.69) is 44.9 Å². The van der Waals surface area contributed by atoms with Crippen molar-refractivity contribution >= 4 is 0 Å². The van der Waals surface area contributed by atoms with E-state index >= 15 is 0 Å². The Labute approximate surface area is 114 Å². The molecule has 0 aliphatic carbocycles. The molecule has 1 saturated heterocycles. The summed E-state index contributed by atoms with van der Waals surface area (Å²) in [5.74, 6) is 1.03. The summed E-state index contributed by atoms with van der Waals surface area (Å²) in [4.78, 5) is 7.16. The minimum absolute atomic E-state index is 1.03. The van der Waals surface area contributed by atoms with E-state index in [0.29, 0.717) is 0 Å². The monoisotopic (exact) mass is 255 g/mol. The highest BCUT2D eigenvalue weighted by Crippen LogP contribution is 2.16. The van der Waals surface area contributed by atoms with Gasteiger partial charge in [0, 0.05) is 24.1 Å². The first-order valence-electron chi connectivity index (χ1n) is 7.15. The Hall–Kier alpha value is -1.61. The molecule has 0 unspecified atom stereocenters. The summed E-state index contributed by atoms with van der Waals surface area (Å²) in [6.07, 6.45) is 6.17. The van der Waals surface area contributed by atoms with Gasteiger partial charge in [0.1, 0.15) is 5.82 Å². The second-order valence-electron chi connectivity index (χ2n) is 5.34.